The van der Waals surface area contributed by atoms with Crippen LogP contribution in [-0.4, -0.2) is 19.2 Å². The summed E-state index contributed by atoms with van der Waals surface area (Å²) in [6.07, 6.45) is 3.02. The highest BCUT2D eigenvalue weighted by Crippen LogP contribution is 2.52. The topological polar surface area (TPSA) is 35.5 Å². The van der Waals surface area contributed by atoms with Crippen molar-refractivity contribution < 1.29 is 14.3 Å². The predicted octanol–water partition coefficient (Wildman–Crippen LogP) is 2.52. The molecule has 0 aromatic carbocycles. The van der Waals surface area contributed by atoms with Crippen LogP contribution in [0.2, 0.25) is 0 Å². The third-order valence-electron chi connectivity index (χ3n) is 2.72. The van der Waals surface area contributed by atoms with Gasteiger partial charge in [0.25, 0.3) is 0 Å². The van der Waals surface area contributed by atoms with Crippen LogP contribution in [0.15, 0.2) is 11.8 Å². The van der Waals surface area contributed by atoms with Gasteiger partial charge in [-0.15, -0.1) is 0 Å². The first-order chi connectivity index (χ1) is 7.01. The molecule has 0 aromatic rings. The summed E-state index contributed by atoms with van der Waals surface area (Å²) in [5.41, 5.74) is 0.314. The van der Waals surface area contributed by atoms with Crippen LogP contribution in [0.1, 0.15) is 34.1 Å². The van der Waals surface area contributed by atoms with E-state index >= 15 is 0 Å². The molecule has 1 aliphatic rings. The Balaban J connectivity index is 2.61. The van der Waals surface area contributed by atoms with Crippen LogP contribution in [-0.2, 0) is 14.3 Å². The minimum Gasteiger partial charge on any atom is -0.487 e. The van der Waals surface area contributed by atoms with Crippen molar-refractivity contribution in [3.8, 4) is 0 Å². The van der Waals surface area contributed by atoms with Gasteiger partial charge in [0.1, 0.15) is 0 Å². The van der Waals surface area contributed by atoms with Gasteiger partial charge in [-0.1, -0.05) is 13.8 Å². The van der Waals surface area contributed by atoms with E-state index in [2.05, 4.69) is 13.8 Å². The first-order valence-corrected chi connectivity index (χ1v) is 5.53. The Hall–Kier alpha value is -0.990. The van der Waals surface area contributed by atoms with Crippen LogP contribution < -0.4 is 0 Å². The highest BCUT2D eigenvalue weighted by atomic mass is 16.6. The molecular formula is C12H20O3. The van der Waals surface area contributed by atoms with E-state index in [1.807, 2.05) is 13.0 Å². The van der Waals surface area contributed by atoms with Gasteiger partial charge < -0.3 is 9.47 Å². The number of hydrogen-bond donors (Lipinski definition) is 0. The fourth-order valence-electron chi connectivity index (χ4n) is 1.51. The molecule has 0 N–H and O–H groups in total. The number of esters is 1. The molecule has 1 aliphatic carbocycles. The molecule has 0 saturated heterocycles. The monoisotopic (exact) mass is 212 g/mol. The van der Waals surface area contributed by atoms with Crippen molar-refractivity contribution in [3.05, 3.63) is 11.8 Å². The minimum absolute atomic E-state index is 0.314. The predicted molar refractivity (Wildman–Crippen MR) is 58.2 cm³/mol. The zero-order chi connectivity index (χ0) is 11.5. The van der Waals surface area contributed by atoms with Gasteiger partial charge in [-0.05, 0) is 37.7 Å². The van der Waals surface area contributed by atoms with Crippen molar-refractivity contribution in [1.29, 1.82) is 0 Å². The lowest BCUT2D eigenvalue weighted by Gasteiger charge is -2.08. The average molecular weight is 212 g/mol. The standard InChI is InChI=1S/C12H20O3/c1-5-14-10(11(13)15-6-2)7-9-8-12(9,3)4/h7,9H,5-6,8H2,1-4H3/b10-7+. The van der Waals surface area contributed by atoms with Gasteiger partial charge in [-0.2, -0.15) is 0 Å². The van der Waals surface area contributed by atoms with E-state index in [1.54, 1.807) is 6.92 Å². The molecule has 0 aromatic heterocycles. The van der Waals surface area contributed by atoms with Crippen LogP contribution in [0.3, 0.4) is 0 Å². The highest BCUT2D eigenvalue weighted by Gasteiger charge is 2.44. The number of allylic oxidation sites excluding steroid dienone is 1. The Morgan fingerprint density at radius 1 is 1.33 bits per heavy atom. The Labute approximate surface area is 91.4 Å². The van der Waals surface area contributed by atoms with Crippen molar-refractivity contribution in [3.63, 3.8) is 0 Å². The average Bonchev–Trinajstić information content (AvgIpc) is 2.73. The van der Waals surface area contributed by atoms with Crippen LogP contribution in [0.25, 0.3) is 0 Å². The molecule has 0 spiro atoms. The zero-order valence-corrected chi connectivity index (χ0v) is 10.0. The third kappa shape index (κ3) is 3.26. The Morgan fingerprint density at radius 3 is 2.27 bits per heavy atom. The van der Waals surface area contributed by atoms with Crippen LogP contribution >= 0.6 is 0 Å². The Kier molecular flexibility index (Phi) is 3.77. The van der Waals surface area contributed by atoms with E-state index in [9.17, 15) is 4.79 Å². The lowest BCUT2D eigenvalue weighted by atomic mass is 10.1. The smallest absolute Gasteiger partial charge is 0.373 e. The molecule has 1 fully saturated rings. The van der Waals surface area contributed by atoms with Crippen LogP contribution in [0.4, 0.5) is 0 Å². The Morgan fingerprint density at radius 2 is 1.87 bits per heavy atom. The van der Waals surface area contributed by atoms with Gasteiger partial charge in [-0.25, -0.2) is 4.79 Å². The molecule has 3 nitrogen and oxygen atoms in total. The summed E-state index contributed by atoms with van der Waals surface area (Å²) in [6.45, 7) is 8.91. The van der Waals surface area contributed by atoms with Gasteiger partial charge in [-0.3, -0.25) is 0 Å². The van der Waals surface area contributed by atoms with E-state index < -0.39 is 0 Å². The summed E-state index contributed by atoms with van der Waals surface area (Å²) in [4.78, 5) is 11.5. The summed E-state index contributed by atoms with van der Waals surface area (Å²) < 4.78 is 10.2. The number of carbonyl (C=O) groups is 1. The maximum Gasteiger partial charge on any atom is 0.373 e. The summed E-state index contributed by atoms with van der Waals surface area (Å²) in [6, 6.07) is 0. The molecule has 0 heterocycles. The molecular weight excluding hydrogens is 192 g/mol. The first kappa shape index (κ1) is 12.1. The molecule has 3 heteroatoms. The van der Waals surface area contributed by atoms with E-state index in [1.165, 1.54) is 0 Å². The van der Waals surface area contributed by atoms with E-state index in [0.717, 1.165) is 6.42 Å². The molecule has 1 saturated carbocycles. The fourth-order valence-corrected chi connectivity index (χ4v) is 1.51. The second-order valence-corrected chi connectivity index (χ2v) is 4.48. The molecule has 0 aliphatic heterocycles. The molecule has 1 unspecified atom stereocenters. The van der Waals surface area contributed by atoms with Crippen molar-refractivity contribution in [2.45, 2.75) is 34.1 Å². The quantitative estimate of drug-likeness (QED) is 0.399. The van der Waals surface area contributed by atoms with Crippen LogP contribution in [0, 0.1) is 11.3 Å². The van der Waals surface area contributed by atoms with Crippen molar-refractivity contribution in [2.24, 2.45) is 11.3 Å². The van der Waals surface area contributed by atoms with Crippen molar-refractivity contribution in [2.75, 3.05) is 13.2 Å². The second-order valence-electron chi connectivity index (χ2n) is 4.48. The second kappa shape index (κ2) is 4.69. The maximum atomic E-state index is 11.5. The lowest BCUT2D eigenvalue weighted by molar-refractivity contribution is -0.142. The van der Waals surface area contributed by atoms with E-state index in [-0.39, 0.29) is 5.97 Å². The third-order valence-corrected chi connectivity index (χ3v) is 2.72. The lowest BCUT2D eigenvalue weighted by Crippen LogP contribution is -2.11. The SMILES string of the molecule is CCOC(=O)/C(=C\C1CC1(C)C)OCC. The van der Waals surface area contributed by atoms with E-state index in [0.29, 0.717) is 30.3 Å². The van der Waals surface area contributed by atoms with Gasteiger partial charge in [0, 0.05) is 0 Å². The summed E-state index contributed by atoms with van der Waals surface area (Å²) in [7, 11) is 0. The van der Waals surface area contributed by atoms with Gasteiger partial charge >= 0.3 is 5.97 Å². The zero-order valence-electron chi connectivity index (χ0n) is 10.0. The first-order valence-electron chi connectivity index (χ1n) is 5.53. The minimum atomic E-state index is -0.345. The molecule has 86 valence electrons. The largest absolute Gasteiger partial charge is 0.487 e. The summed E-state index contributed by atoms with van der Waals surface area (Å²) >= 11 is 0. The molecule has 1 rings (SSSR count). The molecule has 0 bridgehead atoms. The number of rotatable bonds is 5. The molecule has 1 atom stereocenters. The van der Waals surface area contributed by atoms with Gasteiger partial charge in [0.05, 0.1) is 13.2 Å². The highest BCUT2D eigenvalue weighted by molar-refractivity contribution is 5.86. The number of ether oxygens (including phenoxy) is 2. The van der Waals surface area contributed by atoms with Crippen molar-refractivity contribution in [1.82, 2.24) is 0 Å². The van der Waals surface area contributed by atoms with Gasteiger partial charge in [0.15, 0.2) is 0 Å². The molecule has 0 radical (unpaired) electrons. The molecule has 15 heavy (non-hydrogen) atoms. The van der Waals surface area contributed by atoms with Gasteiger partial charge in [0.2, 0.25) is 5.76 Å². The fraction of sp³-hybridized carbons (Fsp3) is 0.750. The summed E-state index contributed by atoms with van der Waals surface area (Å²) in [5.74, 6) is 0.473. The maximum absolute atomic E-state index is 11.5. The molecule has 0 amide bonds. The summed E-state index contributed by atoms with van der Waals surface area (Å²) in [5, 5.41) is 0. The normalized spacial score (nSPS) is 23.5. The Bertz CT molecular complexity index is 266. The van der Waals surface area contributed by atoms with Crippen LogP contribution in [0.5, 0.6) is 0 Å². The van der Waals surface area contributed by atoms with E-state index in [4.69, 9.17) is 9.47 Å². The number of carbonyl (C=O) groups excluding carboxylic acids is 1. The number of hydrogen-bond acceptors (Lipinski definition) is 3. The van der Waals surface area contributed by atoms with Crippen molar-refractivity contribution >= 4 is 5.97 Å².